The van der Waals surface area contributed by atoms with Crippen LogP contribution in [0.5, 0.6) is 0 Å². The summed E-state index contributed by atoms with van der Waals surface area (Å²) in [5.74, 6) is -1.37. The molecule has 208 valence electrons. The van der Waals surface area contributed by atoms with Gasteiger partial charge in [0.2, 0.25) is 0 Å². The van der Waals surface area contributed by atoms with E-state index in [1.807, 2.05) is 0 Å². The summed E-state index contributed by atoms with van der Waals surface area (Å²) < 4.78 is 38.6. The molecule has 0 aliphatic carbocycles. The van der Waals surface area contributed by atoms with Crippen molar-refractivity contribution in [2.45, 2.75) is 63.2 Å². The zero-order valence-electron chi connectivity index (χ0n) is 22.1. The molecule has 4 rings (SSSR count). The van der Waals surface area contributed by atoms with Gasteiger partial charge in [-0.2, -0.15) is 0 Å². The molecule has 0 unspecified atom stereocenters. The van der Waals surface area contributed by atoms with Gasteiger partial charge in [-0.3, -0.25) is 9.89 Å². The molecule has 0 saturated carbocycles. The summed E-state index contributed by atoms with van der Waals surface area (Å²) in [7, 11) is 0. The minimum atomic E-state index is -1.79. The number of benzene rings is 2. The Morgan fingerprint density at radius 3 is 2.15 bits per heavy atom. The molecule has 1 saturated heterocycles. The lowest BCUT2D eigenvalue weighted by atomic mass is 9.99. The van der Waals surface area contributed by atoms with Crippen molar-refractivity contribution in [3.8, 4) is 0 Å². The van der Waals surface area contributed by atoms with E-state index in [1.165, 1.54) is 4.90 Å². The second kappa shape index (κ2) is 12.2. The number of carbonyl (C=O) groups excluding carboxylic acids is 3. The van der Waals surface area contributed by atoms with Crippen LogP contribution >= 0.6 is 11.8 Å². The Morgan fingerprint density at radius 2 is 1.59 bits per heavy atom. The number of fused-ring (bicyclic) bond motifs is 1. The number of carbonyl (C=O) groups is 3. The molecule has 1 amide bonds. The van der Waals surface area contributed by atoms with Crippen LogP contribution in [0.2, 0.25) is 0 Å². The van der Waals surface area contributed by atoms with Crippen LogP contribution in [0, 0.1) is 0 Å². The van der Waals surface area contributed by atoms with Crippen LogP contribution in [0.4, 0.5) is 9.18 Å². The van der Waals surface area contributed by atoms with Gasteiger partial charge in [0.1, 0.15) is 29.8 Å². The summed E-state index contributed by atoms with van der Waals surface area (Å²) in [6.45, 7) is 6.87. The molecular formula is C28H31FN2O7S. The quantitative estimate of drug-likeness (QED) is 0.366. The molecular weight excluding hydrogens is 527 g/mol. The normalized spacial score (nSPS) is 24.2. The largest absolute Gasteiger partial charge is 0.459 e. The number of rotatable bonds is 6. The van der Waals surface area contributed by atoms with Gasteiger partial charge in [-0.15, -0.1) is 0 Å². The zero-order chi connectivity index (χ0) is 28.2. The number of aliphatic imine (C=N–C) groups is 1. The molecule has 11 heteroatoms. The van der Waals surface area contributed by atoms with E-state index in [1.54, 1.807) is 88.4 Å². The number of amides is 1. The van der Waals surface area contributed by atoms with Crippen LogP contribution < -0.4 is 0 Å². The summed E-state index contributed by atoms with van der Waals surface area (Å²) in [6.07, 6.45) is -4.94. The second-order valence-electron chi connectivity index (χ2n) is 9.93. The topological polar surface area (TPSA) is 104 Å². The van der Waals surface area contributed by atoms with Gasteiger partial charge in [0.25, 0.3) is 0 Å². The molecule has 0 bridgehead atoms. The Labute approximate surface area is 230 Å². The number of esters is 2. The summed E-state index contributed by atoms with van der Waals surface area (Å²) in [4.78, 5) is 43.9. The number of alkyl halides is 1. The third-order valence-corrected chi connectivity index (χ3v) is 7.04. The highest BCUT2D eigenvalue weighted by Gasteiger charge is 2.53. The van der Waals surface area contributed by atoms with Crippen molar-refractivity contribution in [2.24, 2.45) is 4.99 Å². The van der Waals surface area contributed by atoms with Crippen LogP contribution in [0.3, 0.4) is 0 Å². The third-order valence-electron chi connectivity index (χ3n) is 5.88. The molecule has 2 aromatic carbocycles. The summed E-state index contributed by atoms with van der Waals surface area (Å²) >= 11 is 1.07. The van der Waals surface area contributed by atoms with E-state index in [0.717, 1.165) is 11.8 Å². The molecule has 0 radical (unpaired) electrons. The number of thioether (sulfide) groups is 1. The molecule has 2 heterocycles. The first-order valence-corrected chi connectivity index (χ1v) is 13.5. The molecule has 2 aliphatic heterocycles. The van der Waals surface area contributed by atoms with Crippen LogP contribution in [0.15, 0.2) is 65.7 Å². The lowest BCUT2D eigenvalue weighted by molar-refractivity contribution is -0.149. The first kappa shape index (κ1) is 28.6. The van der Waals surface area contributed by atoms with Crippen molar-refractivity contribution < 1.29 is 37.7 Å². The van der Waals surface area contributed by atoms with E-state index in [-0.39, 0.29) is 23.9 Å². The number of nitrogens with zero attached hydrogens (tertiary/aromatic N) is 2. The van der Waals surface area contributed by atoms with Gasteiger partial charge in [-0.25, -0.2) is 18.8 Å². The predicted molar refractivity (Wildman–Crippen MR) is 143 cm³/mol. The molecule has 9 nitrogen and oxygen atoms in total. The van der Waals surface area contributed by atoms with Crippen LogP contribution in [0.25, 0.3) is 0 Å². The van der Waals surface area contributed by atoms with Gasteiger partial charge in [-0.05, 0) is 52.0 Å². The fourth-order valence-electron chi connectivity index (χ4n) is 4.02. The van der Waals surface area contributed by atoms with E-state index in [0.29, 0.717) is 5.56 Å². The van der Waals surface area contributed by atoms with Gasteiger partial charge in [0.15, 0.2) is 17.4 Å². The highest BCUT2D eigenvalue weighted by Crippen LogP contribution is 2.40. The zero-order valence-corrected chi connectivity index (χ0v) is 22.9. The molecule has 39 heavy (non-hydrogen) atoms. The van der Waals surface area contributed by atoms with Gasteiger partial charge < -0.3 is 18.9 Å². The Kier molecular flexibility index (Phi) is 8.91. The minimum Gasteiger partial charge on any atom is -0.459 e. The van der Waals surface area contributed by atoms with E-state index < -0.39 is 53.5 Å². The Bertz CT molecular complexity index is 1210. The molecule has 2 aromatic rings. The number of amidine groups is 1. The van der Waals surface area contributed by atoms with Crippen molar-refractivity contribution in [3.05, 3.63) is 71.8 Å². The van der Waals surface area contributed by atoms with Gasteiger partial charge >= 0.3 is 18.0 Å². The highest BCUT2D eigenvalue weighted by molar-refractivity contribution is 8.14. The molecule has 2 aliphatic rings. The summed E-state index contributed by atoms with van der Waals surface area (Å²) in [5.41, 5.74) is -1.01. The Balaban J connectivity index is 1.54. The Hall–Kier alpha value is -3.44. The van der Waals surface area contributed by atoms with E-state index in [4.69, 9.17) is 18.9 Å². The molecule has 0 N–H and O–H groups in total. The fourth-order valence-corrected chi connectivity index (χ4v) is 5.29. The number of ether oxygens (including phenoxy) is 4. The average Bonchev–Trinajstić information content (AvgIpc) is 3.33. The SMILES string of the molecule is CCN(C(=O)OC(C)(C)C)C1=N[C@@H]2[C@H](F)[C@H](OC(=O)c3ccccc3)[C@@H](COC(=O)c3ccccc3)O[C@@H]2S1. The highest BCUT2D eigenvalue weighted by atomic mass is 32.2. The van der Waals surface area contributed by atoms with Crippen LogP contribution in [-0.4, -0.2) is 76.7 Å². The van der Waals surface area contributed by atoms with Crippen molar-refractivity contribution in [1.82, 2.24) is 4.90 Å². The summed E-state index contributed by atoms with van der Waals surface area (Å²) in [5, 5.41) is 0.236. The average molecular weight is 559 g/mol. The molecule has 5 atom stereocenters. The van der Waals surface area contributed by atoms with Gasteiger partial charge in [0.05, 0.1) is 11.1 Å². The van der Waals surface area contributed by atoms with Crippen molar-refractivity contribution in [1.29, 1.82) is 0 Å². The summed E-state index contributed by atoms with van der Waals surface area (Å²) in [6, 6.07) is 15.4. The second-order valence-corrected chi connectivity index (χ2v) is 11.0. The standard InChI is InChI=1S/C28H31FN2O7S/c1-5-31(27(34)38-28(2,3)4)26-30-21-20(29)22(37-24(33)18-14-10-7-11-15-18)19(36-25(21)39-26)16-35-23(32)17-12-8-6-9-13-17/h6-15,19-22,25H,5,16H2,1-4H3/t19-,20+,21-,22-,25-/m1/s1. The molecule has 0 aromatic heterocycles. The molecule has 1 fully saturated rings. The van der Waals surface area contributed by atoms with E-state index in [2.05, 4.69) is 4.99 Å². The van der Waals surface area contributed by atoms with E-state index >= 15 is 4.39 Å². The Morgan fingerprint density at radius 1 is 1.00 bits per heavy atom. The number of hydrogen-bond donors (Lipinski definition) is 0. The number of hydrogen-bond acceptors (Lipinski definition) is 9. The lowest BCUT2D eigenvalue weighted by Crippen LogP contribution is -2.56. The maximum absolute atomic E-state index is 16.0. The fraction of sp³-hybridized carbons (Fsp3) is 0.429. The number of halogens is 1. The smallest absolute Gasteiger partial charge is 0.416 e. The third kappa shape index (κ3) is 6.96. The van der Waals surface area contributed by atoms with Crippen molar-refractivity contribution in [2.75, 3.05) is 13.2 Å². The van der Waals surface area contributed by atoms with Crippen LogP contribution in [-0.2, 0) is 18.9 Å². The first-order chi connectivity index (χ1) is 18.6. The molecule has 0 spiro atoms. The van der Waals surface area contributed by atoms with Crippen molar-refractivity contribution in [3.63, 3.8) is 0 Å². The maximum Gasteiger partial charge on any atom is 0.416 e. The lowest BCUT2D eigenvalue weighted by Gasteiger charge is -2.38. The van der Waals surface area contributed by atoms with Crippen LogP contribution in [0.1, 0.15) is 48.4 Å². The van der Waals surface area contributed by atoms with E-state index in [9.17, 15) is 14.4 Å². The minimum absolute atomic E-state index is 0.235. The maximum atomic E-state index is 16.0. The van der Waals surface area contributed by atoms with Gasteiger partial charge in [0, 0.05) is 6.54 Å². The van der Waals surface area contributed by atoms with Gasteiger partial charge in [-0.1, -0.05) is 48.2 Å². The van der Waals surface area contributed by atoms with Crippen molar-refractivity contribution >= 4 is 35.0 Å². The monoisotopic (exact) mass is 558 g/mol. The first-order valence-electron chi connectivity index (χ1n) is 12.6. The predicted octanol–water partition coefficient (Wildman–Crippen LogP) is 4.86.